The van der Waals surface area contributed by atoms with E-state index in [4.69, 9.17) is 5.73 Å². The highest BCUT2D eigenvalue weighted by molar-refractivity contribution is 5.56. The van der Waals surface area contributed by atoms with Gasteiger partial charge in [-0.3, -0.25) is 4.98 Å². The number of hydrogen-bond acceptors (Lipinski definition) is 2. The van der Waals surface area contributed by atoms with Gasteiger partial charge in [-0.05, 0) is 19.1 Å². The molecule has 1 rings (SSSR count). The van der Waals surface area contributed by atoms with Crippen LogP contribution in [0.5, 0.6) is 0 Å². The Bertz CT molecular complexity index is 253. The average Bonchev–Trinajstić information content (AvgIpc) is 1.88. The lowest BCUT2D eigenvalue weighted by molar-refractivity contribution is 1.16. The van der Waals surface area contributed by atoms with Crippen LogP contribution in [0, 0.1) is 6.92 Å². The molecule has 0 saturated heterocycles. The molecule has 0 aliphatic rings. The van der Waals surface area contributed by atoms with Crippen molar-refractivity contribution in [2.24, 2.45) is 5.73 Å². The molecule has 0 spiro atoms. The van der Waals surface area contributed by atoms with Crippen LogP contribution in [0.4, 0.5) is 0 Å². The van der Waals surface area contributed by atoms with Gasteiger partial charge in [-0.15, -0.1) is 0 Å². The maximum atomic E-state index is 5.43. The lowest BCUT2D eigenvalue weighted by Crippen LogP contribution is -1.97. The van der Waals surface area contributed by atoms with Gasteiger partial charge in [0.2, 0.25) is 0 Å². The first-order chi connectivity index (χ1) is 4.70. The van der Waals surface area contributed by atoms with Crippen molar-refractivity contribution in [2.45, 2.75) is 6.92 Å². The third kappa shape index (κ3) is 1.35. The molecule has 0 saturated carbocycles. The van der Waals surface area contributed by atoms with Crippen molar-refractivity contribution in [3.05, 3.63) is 36.2 Å². The van der Waals surface area contributed by atoms with Gasteiger partial charge < -0.3 is 5.73 Å². The van der Waals surface area contributed by atoms with Crippen molar-refractivity contribution in [2.75, 3.05) is 0 Å². The Morgan fingerprint density at radius 3 is 2.70 bits per heavy atom. The second-order valence-corrected chi connectivity index (χ2v) is 2.19. The lowest BCUT2D eigenvalue weighted by atomic mass is 10.3. The summed E-state index contributed by atoms with van der Waals surface area (Å²) in [4.78, 5) is 4.15. The fourth-order valence-electron chi connectivity index (χ4n) is 0.722. The molecule has 2 heteroatoms. The van der Waals surface area contributed by atoms with Crippen molar-refractivity contribution in [1.82, 2.24) is 4.98 Å². The molecule has 52 valence electrons. The Labute approximate surface area is 60.4 Å². The Hall–Kier alpha value is -1.31. The second-order valence-electron chi connectivity index (χ2n) is 2.19. The van der Waals surface area contributed by atoms with E-state index in [0.717, 1.165) is 11.4 Å². The van der Waals surface area contributed by atoms with Crippen LogP contribution < -0.4 is 5.73 Å². The Kier molecular flexibility index (Phi) is 1.71. The molecule has 0 bridgehead atoms. The van der Waals surface area contributed by atoms with E-state index < -0.39 is 0 Å². The summed E-state index contributed by atoms with van der Waals surface area (Å²) in [5, 5.41) is 0. The maximum absolute atomic E-state index is 5.43. The molecule has 1 heterocycles. The zero-order valence-corrected chi connectivity index (χ0v) is 5.96. The molecule has 0 aromatic carbocycles. The van der Waals surface area contributed by atoms with E-state index in [2.05, 4.69) is 11.6 Å². The molecule has 0 unspecified atom stereocenters. The van der Waals surface area contributed by atoms with Crippen LogP contribution in [0.2, 0.25) is 0 Å². The molecule has 1 aromatic rings. The van der Waals surface area contributed by atoms with Crippen molar-refractivity contribution in [3.8, 4) is 0 Å². The minimum Gasteiger partial charge on any atom is -0.397 e. The highest BCUT2D eigenvalue weighted by atomic mass is 14.7. The lowest BCUT2D eigenvalue weighted by Gasteiger charge is -1.97. The van der Waals surface area contributed by atoms with Crippen molar-refractivity contribution < 1.29 is 0 Å². The fourth-order valence-corrected chi connectivity index (χ4v) is 0.722. The van der Waals surface area contributed by atoms with Gasteiger partial charge in [-0.25, -0.2) is 0 Å². The van der Waals surface area contributed by atoms with Crippen LogP contribution in [0.1, 0.15) is 11.4 Å². The summed E-state index contributed by atoms with van der Waals surface area (Å²) in [6, 6.07) is 5.68. The third-order valence-corrected chi connectivity index (χ3v) is 1.22. The van der Waals surface area contributed by atoms with Gasteiger partial charge >= 0.3 is 0 Å². The van der Waals surface area contributed by atoms with Crippen LogP contribution >= 0.6 is 0 Å². The van der Waals surface area contributed by atoms with E-state index in [1.54, 1.807) is 0 Å². The van der Waals surface area contributed by atoms with Crippen LogP contribution in [0.25, 0.3) is 5.70 Å². The van der Waals surface area contributed by atoms with Crippen molar-refractivity contribution in [3.63, 3.8) is 0 Å². The predicted molar refractivity (Wildman–Crippen MR) is 42.2 cm³/mol. The topological polar surface area (TPSA) is 38.9 Å². The van der Waals surface area contributed by atoms with E-state index in [0.29, 0.717) is 5.70 Å². The van der Waals surface area contributed by atoms with Crippen LogP contribution in [0.15, 0.2) is 24.8 Å². The first kappa shape index (κ1) is 6.81. The molecular formula is C8H10N2. The number of hydrogen-bond donors (Lipinski definition) is 1. The molecule has 10 heavy (non-hydrogen) atoms. The monoisotopic (exact) mass is 134 g/mol. The fraction of sp³-hybridized carbons (Fsp3) is 0.125. The molecule has 0 atom stereocenters. The summed E-state index contributed by atoms with van der Waals surface area (Å²) in [5.74, 6) is 0. The average molecular weight is 134 g/mol. The van der Waals surface area contributed by atoms with Crippen LogP contribution in [0.3, 0.4) is 0 Å². The van der Waals surface area contributed by atoms with E-state index in [9.17, 15) is 0 Å². The second kappa shape index (κ2) is 2.52. The summed E-state index contributed by atoms with van der Waals surface area (Å²) in [6.07, 6.45) is 0. The minimum atomic E-state index is 0.517. The first-order valence-corrected chi connectivity index (χ1v) is 3.08. The Morgan fingerprint density at radius 1 is 1.60 bits per heavy atom. The minimum absolute atomic E-state index is 0.517. The summed E-state index contributed by atoms with van der Waals surface area (Å²) < 4.78 is 0. The quantitative estimate of drug-likeness (QED) is 0.629. The molecule has 0 aliphatic carbocycles. The summed E-state index contributed by atoms with van der Waals surface area (Å²) >= 11 is 0. The molecule has 2 nitrogen and oxygen atoms in total. The molecule has 2 N–H and O–H groups in total. The number of rotatable bonds is 1. The van der Waals surface area contributed by atoms with Crippen LogP contribution in [-0.2, 0) is 0 Å². The maximum Gasteiger partial charge on any atom is 0.0855 e. The van der Waals surface area contributed by atoms with Crippen molar-refractivity contribution in [1.29, 1.82) is 0 Å². The van der Waals surface area contributed by atoms with Gasteiger partial charge in [-0.1, -0.05) is 12.6 Å². The number of nitrogens with zero attached hydrogens (tertiary/aromatic N) is 1. The highest BCUT2D eigenvalue weighted by Gasteiger charge is 1.92. The van der Waals surface area contributed by atoms with Gasteiger partial charge in [0.1, 0.15) is 0 Å². The van der Waals surface area contributed by atoms with Gasteiger partial charge in [0.05, 0.1) is 11.4 Å². The van der Waals surface area contributed by atoms with E-state index in [1.807, 2.05) is 25.1 Å². The highest BCUT2D eigenvalue weighted by Crippen LogP contribution is 2.02. The third-order valence-electron chi connectivity index (χ3n) is 1.22. The van der Waals surface area contributed by atoms with E-state index in [1.165, 1.54) is 0 Å². The van der Waals surface area contributed by atoms with Gasteiger partial charge in [0.25, 0.3) is 0 Å². The van der Waals surface area contributed by atoms with E-state index >= 15 is 0 Å². The first-order valence-electron chi connectivity index (χ1n) is 3.08. The number of aryl methyl sites for hydroxylation is 1. The molecular weight excluding hydrogens is 124 g/mol. The van der Waals surface area contributed by atoms with Crippen LogP contribution in [-0.4, -0.2) is 4.98 Å². The Morgan fingerprint density at radius 2 is 2.30 bits per heavy atom. The molecule has 0 amide bonds. The number of nitrogens with two attached hydrogens (primary N) is 1. The van der Waals surface area contributed by atoms with Gasteiger partial charge in [0, 0.05) is 5.69 Å². The Balaban J connectivity index is 3.07. The van der Waals surface area contributed by atoms with Gasteiger partial charge in [-0.2, -0.15) is 0 Å². The standard InChI is InChI=1S/C8H10N2/c1-6-4-3-5-8(10-6)7(2)9/h3-5H,2,9H2,1H3. The number of aromatic nitrogens is 1. The summed E-state index contributed by atoms with van der Waals surface area (Å²) in [7, 11) is 0. The number of pyridine rings is 1. The zero-order valence-electron chi connectivity index (χ0n) is 5.96. The summed E-state index contributed by atoms with van der Waals surface area (Å²) in [5.41, 5.74) is 7.67. The summed E-state index contributed by atoms with van der Waals surface area (Å²) in [6.45, 7) is 5.50. The van der Waals surface area contributed by atoms with E-state index in [-0.39, 0.29) is 0 Å². The normalized spacial score (nSPS) is 9.30. The molecule has 0 radical (unpaired) electrons. The zero-order chi connectivity index (χ0) is 7.56. The smallest absolute Gasteiger partial charge is 0.0855 e. The van der Waals surface area contributed by atoms with Gasteiger partial charge in [0.15, 0.2) is 0 Å². The predicted octanol–water partition coefficient (Wildman–Crippen LogP) is 1.32. The largest absolute Gasteiger partial charge is 0.397 e. The van der Waals surface area contributed by atoms with Crippen molar-refractivity contribution >= 4 is 5.70 Å². The molecule has 1 aromatic heterocycles. The SMILES string of the molecule is C=C(N)c1cccc(C)n1. The molecule has 0 fully saturated rings. The molecule has 0 aliphatic heterocycles.